The first kappa shape index (κ1) is 19.2. The Labute approximate surface area is 150 Å². The highest BCUT2D eigenvalue weighted by Gasteiger charge is 2.24. The van der Waals surface area contributed by atoms with Crippen LogP contribution in [0.15, 0.2) is 36.2 Å². The zero-order valence-electron chi connectivity index (χ0n) is 15.7. The first-order valence-corrected chi connectivity index (χ1v) is 8.93. The van der Waals surface area contributed by atoms with Gasteiger partial charge in [-0.25, -0.2) is 0 Å². The molecule has 2 heterocycles. The molecule has 1 aliphatic heterocycles. The van der Waals surface area contributed by atoms with Crippen LogP contribution in [-0.2, 0) is 4.79 Å². The predicted octanol–water partition coefficient (Wildman–Crippen LogP) is 3.04. The van der Waals surface area contributed by atoms with E-state index in [0.29, 0.717) is 18.0 Å². The van der Waals surface area contributed by atoms with Crippen molar-refractivity contribution in [2.45, 2.75) is 40.5 Å². The normalized spacial score (nSPS) is 16.6. The third-order valence-corrected chi connectivity index (χ3v) is 4.91. The van der Waals surface area contributed by atoms with E-state index in [-0.39, 0.29) is 17.2 Å². The van der Waals surface area contributed by atoms with Crippen LogP contribution in [0.4, 0.5) is 0 Å². The van der Waals surface area contributed by atoms with Crippen LogP contribution < -0.4 is 5.32 Å². The van der Waals surface area contributed by atoms with Gasteiger partial charge in [0.25, 0.3) is 5.91 Å². The molecule has 0 spiro atoms. The van der Waals surface area contributed by atoms with Crippen molar-refractivity contribution in [3.8, 4) is 0 Å². The lowest BCUT2D eigenvalue weighted by Gasteiger charge is -2.32. The number of carbonyl (C=O) groups excluding carboxylic acids is 2. The Kier molecular flexibility index (Phi) is 6.34. The second kappa shape index (κ2) is 8.28. The first-order valence-electron chi connectivity index (χ1n) is 8.93. The molecule has 1 fully saturated rings. The number of rotatable bonds is 4. The molecule has 25 heavy (non-hydrogen) atoms. The Morgan fingerprint density at radius 2 is 2.00 bits per heavy atom. The van der Waals surface area contributed by atoms with E-state index in [9.17, 15) is 9.59 Å². The molecule has 2 amide bonds. The van der Waals surface area contributed by atoms with E-state index >= 15 is 0 Å². The van der Waals surface area contributed by atoms with Gasteiger partial charge in [0.2, 0.25) is 5.91 Å². The Balaban J connectivity index is 1.77. The number of carbonyl (C=O) groups is 2. The van der Waals surface area contributed by atoms with E-state index in [2.05, 4.69) is 31.1 Å². The van der Waals surface area contributed by atoms with Crippen LogP contribution in [0.1, 0.15) is 50.9 Å². The second-order valence-corrected chi connectivity index (χ2v) is 7.80. The van der Waals surface area contributed by atoms with E-state index in [1.54, 1.807) is 30.6 Å². The molecule has 5 heteroatoms. The standard InChI is InChI=1S/C20H29N3O2/c1-15(20(2,3)4)12-18(24)22-13-16-7-10-23(11-8-16)19(25)17-6-5-9-21-14-17/h5-6,9,12,14,16H,7-8,10-11,13H2,1-4H3,(H,22,24)/b15-12+. The largest absolute Gasteiger partial charge is 0.352 e. The van der Waals surface area contributed by atoms with E-state index in [4.69, 9.17) is 0 Å². The lowest BCUT2D eigenvalue weighted by Crippen LogP contribution is -2.41. The Morgan fingerprint density at radius 3 is 2.56 bits per heavy atom. The third-order valence-electron chi connectivity index (χ3n) is 4.91. The van der Waals surface area contributed by atoms with Crippen molar-refractivity contribution in [1.82, 2.24) is 15.2 Å². The molecule has 0 bridgehead atoms. The minimum atomic E-state index is -0.0266. The van der Waals surface area contributed by atoms with Gasteiger partial charge in [-0.3, -0.25) is 14.6 Å². The van der Waals surface area contributed by atoms with Gasteiger partial charge < -0.3 is 10.2 Å². The van der Waals surface area contributed by atoms with Crippen molar-refractivity contribution < 1.29 is 9.59 Å². The Hall–Kier alpha value is -2.17. The number of aromatic nitrogens is 1. The van der Waals surface area contributed by atoms with Gasteiger partial charge in [-0.1, -0.05) is 26.3 Å². The second-order valence-electron chi connectivity index (χ2n) is 7.80. The molecular formula is C20H29N3O2. The van der Waals surface area contributed by atoms with Crippen LogP contribution >= 0.6 is 0 Å². The summed E-state index contributed by atoms with van der Waals surface area (Å²) >= 11 is 0. The molecule has 1 saturated heterocycles. The molecule has 1 aliphatic rings. The fraction of sp³-hybridized carbons (Fsp3) is 0.550. The van der Waals surface area contributed by atoms with Crippen molar-refractivity contribution in [1.29, 1.82) is 0 Å². The van der Waals surface area contributed by atoms with E-state index in [1.807, 2.05) is 11.8 Å². The summed E-state index contributed by atoms with van der Waals surface area (Å²) in [7, 11) is 0. The summed E-state index contributed by atoms with van der Waals surface area (Å²) in [5.74, 6) is 0.436. The van der Waals surface area contributed by atoms with Crippen molar-refractivity contribution in [2.24, 2.45) is 11.3 Å². The summed E-state index contributed by atoms with van der Waals surface area (Å²) in [6.45, 7) is 10.4. The molecular weight excluding hydrogens is 314 g/mol. The van der Waals surface area contributed by atoms with Crippen LogP contribution in [0.2, 0.25) is 0 Å². The summed E-state index contributed by atoms with van der Waals surface area (Å²) in [6, 6.07) is 3.58. The third kappa shape index (κ3) is 5.69. The van der Waals surface area contributed by atoms with Gasteiger partial charge in [0.1, 0.15) is 0 Å². The molecule has 0 aromatic carbocycles. The number of amides is 2. The van der Waals surface area contributed by atoms with Gasteiger partial charge in [-0.05, 0) is 43.2 Å². The van der Waals surface area contributed by atoms with Gasteiger partial charge in [-0.2, -0.15) is 0 Å². The highest BCUT2D eigenvalue weighted by molar-refractivity contribution is 5.93. The summed E-state index contributed by atoms with van der Waals surface area (Å²) in [6.07, 6.45) is 6.80. The van der Waals surface area contributed by atoms with Crippen molar-refractivity contribution in [3.05, 3.63) is 41.7 Å². The van der Waals surface area contributed by atoms with Gasteiger partial charge in [0, 0.05) is 38.1 Å². The number of allylic oxidation sites excluding steroid dienone is 1. The van der Waals surface area contributed by atoms with Crippen molar-refractivity contribution in [3.63, 3.8) is 0 Å². The lowest BCUT2D eigenvalue weighted by molar-refractivity contribution is -0.116. The average molecular weight is 343 g/mol. The average Bonchev–Trinajstić information content (AvgIpc) is 2.59. The number of hydrogen-bond acceptors (Lipinski definition) is 3. The molecule has 0 unspecified atom stereocenters. The topological polar surface area (TPSA) is 62.3 Å². The summed E-state index contributed by atoms with van der Waals surface area (Å²) in [5, 5.41) is 3.00. The SMILES string of the molecule is C/C(=C\C(=O)NCC1CCN(C(=O)c2cccnc2)CC1)C(C)(C)C. The fourth-order valence-electron chi connectivity index (χ4n) is 2.72. The molecule has 1 N–H and O–H groups in total. The number of likely N-dealkylation sites (tertiary alicyclic amines) is 1. The molecule has 0 atom stereocenters. The number of nitrogens with zero attached hydrogens (tertiary/aromatic N) is 2. The minimum absolute atomic E-state index is 0.00926. The monoisotopic (exact) mass is 343 g/mol. The molecule has 0 saturated carbocycles. The van der Waals surface area contributed by atoms with E-state index in [0.717, 1.165) is 31.5 Å². The first-order chi connectivity index (χ1) is 11.8. The van der Waals surface area contributed by atoms with Crippen molar-refractivity contribution in [2.75, 3.05) is 19.6 Å². The highest BCUT2D eigenvalue weighted by atomic mass is 16.2. The maximum absolute atomic E-state index is 12.4. The zero-order chi connectivity index (χ0) is 18.4. The summed E-state index contributed by atoms with van der Waals surface area (Å²) in [5.41, 5.74) is 1.72. The van der Waals surface area contributed by atoms with Crippen LogP contribution in [0.3, 0.4) is 0 Å². The van der Waals surface area contributed by atoms with Crippen molar-refractivity contribution >= 4 is 11.8 Å². The number of nitrogens with one attached hydrogen (secondary N) is 1. The molecule has 0 radical (unpaired) electrons. The summed E-state index contributed by atoms with van der Waals surface area (Å²) < 4.78 is 0. The Bertz CT molecular complexity index is 624. The molecule has 136 valence electrons. The van der Waals surface area contributed by atoms with Gasteiger partial charge >= 0.3 is 0 Å². The maximum atomic E-state index is 12.4. The van der Waals surface area contributed by atoms with Crippen LogP contribution in [-0.4, -0.2) is 41.3 Å². The molecule has 2 rings (SSSR count). The molecule has 1 aromatic rings. The molecule has 5 nitrogen and oxygen atoms in total. The smallest absolute Gasteiger partial charge is 0.255 e. The van der Waals surface area contributed by atoms with Gasteiger partial charge in [0.05, 0.1) is 5.56 Å². The van der Waals surface area contributed by atoms with Crippen LogP contribution in [0.5, 0.6) is 0 Å². The fourth-order valence-corrected chi connectivity index (χ4v) is 2.72. The van der Waals surface area contributed by atoms with Gasteiger partial charge in [0.15, 0.2) is 0 Å². The predicted molar refractivity (Wildman–Crippen MR) is 99.1 cm³/mol. The van der Waals surface area contributed by atoms with Crippen LogP contribution in [0.25, 0.3) is 0 Å². The number of piperidine rings is 1. The quantitative estimate of drug-likeness (QED) is 0.855. The molecule has 1 aromatic heterocycles. The highest BCUT2D eigenvalue weighted by Crippen LogP contribution is 2.24. The zero-order valence-corrected chi connectivity index (χ0v) is 15.7. The summed E-state index contributed by atoms with van der Waals surface area (Å²) in [4.78, 5) is 30.3. The number of hydrogen-bond donors (Lipinski definition) is 1. The maximum Gasteiger partial charge on any atom is 0.255 e. The van der Waals surface area contributed by atoms with E-state index in [1.165, 1.54) is 0 Å². The van der Waals surface area contributed by atoms with Crippen LogP contribution in [0, 0.1) is 11.3 Å². The Morgan fingerprint density at radius 1 is 1.32 bits per heavy atom. The minimum Gasteiger partial charge on any atom is -0.352 e. The number of pyridine rings is 1. The van der Waals surface area contributed by atoms with E-state index < -0.39 is 0 Å². The lowest BCUT2D eigenvalue weighted by atomic mass is 9.87. The van der Waals surface area contributed by atoms with Gasteiger partial charge in [-0.15, -0.1) is 0 Å². The molecule has 0 aliphatic carbocycles.